The van der Waals surface area contributed by atoms with Crippen LogP contribution < -0.4 is 5.32 Å². The van der Waals surface area contributed by atoms with Crippen LogP contribution in [0.1, 0.15) is 25.0 Å². The fourth-order valence-electron chi connectivity index (χ4n) is 4.74. The third-order valence-corrected chi connectivity index (χ3v) is 5.67. The van der Waals surface area contributed by atoms with E-state index < -0.39 is 0 Å². The van der Waals surface area contributed by atoms with Gasteiger partial charge in [-0.3, -0.25) is 4.40 Å². The minimum Gasteiger partial charge on any atom is -0.345 e. The number of aromatic amines is 1. The van der Waals surface area contributed by atoms with Crippen LogP contribution in [0.5, 0.6) is 0 Å². The summed E-state index contributed by atoms with van der Waals surface area (Å²) in [5.74, 6) is 3.05. The summed E-state index contributed by atoms with van der Waals surface area (Å²) in [6, 6.07) is 2.10. The minimum atomic E-state index is 0.630. The lowest BCUT2D eigenvalue weighted by molar-refractivity contribution is 0.0703. The molecule has 1 saturated carbocycles. The fourth-order valence-corrected chi connectivity index (χ4v) is 4.74. The molecule has 0 aromatic carbocycles. The topological polar surface area (TPSA) is 58.0 Å². The van der Waals surface area contributed by atoms with E-state index >= 15 is 0 Å². The minimum absolute atomic E-state index is 0.630. The third kappa shape index (κ3) is 1.39. The zero-order chi connectivity index (χ0) is 14.0. The lowest BCUT2D eigenvalue weighted by atomic mass is 9.56. The van der Waals surface area contributed by atoms with Crippen molar-refractivity contribution in [2.45, 2.75) is 19.3 Å². The van der Waals surface area contributed by atoms with Crippen LogP contribution in [0, 0.1) is 17.8 Å². The number of nitrogens with zero attached hydrogens (tertiary/aromatic N) is 3. The maximum atomic E-state index is 4.60. The number of hydrogen-bond donors (Lipinski definition) is 2. The number of hydrogen-bond acceptors (Lipinski definition) is 3. The number of imidazole rings is 1. The molecule has 2 N–H and O–H groups in total. The van der Waals surface area contributed by atoms with Gasteiger partial charge in [0.15, 0.2) is 11.3 Å². The Labute approximate surface area is 122 Å². The molecule has 1 saturated heterocycles. The second-order valence-electron chi connectivity index (χ2n) is 6.43. The fraction of sp³-hybridized carbons (Fsp3) is 0.500. The van der Waals surface area contributed by atoms with E-state index in [0.717, 1.165) is 41.1 Å². The van der Waals surface area contributed by atoms with Crippen molar-refractivity contribution in [2.75, 3.05) is 13.1 Å². The molecule has 5 rings (SSSR count). The Morgan fingerprint density at radius 2 is 2.14 bits per heavy atom. The van der Waals surface area contributed by atoms with E-state index in [9.17, 15) is 0 Å². The molecule has 5 heteroatoms. The molecular formula is C16H19N5. The maximum absolute atomic E-state index is 4.60. The molecule has 21 heavy (non-hydrogen) atoms. The first-order valence-electron chi connectivity index (χ1n) is 7.88. The van der Waals surface area contributed by atoms with Crippen LogP contribution in [0.25, 0.3) is 16.8 Å². The molecule has 4 atom stereocenters. The summed E-state index contributed by atoms with van der Waals surface area (Å²) >= 11 is 0. The van der Waals surface area contributed by atoms with Crippen LogP contribution in [0.3, 0.4) is 0 Å². The average molecular weight is 281 g/mol. The predicted octanol–water partition coefficient (Wildman–Crippen LogP) is 2.17. The molecule has 0 radical (unpaired) electrons. The van der Waals surface area contributed by atoms with Crippen molar-refractivity contribution in [2.24, 2.45) is 17.8 Å². The molecule has 3 aromatic rings. The Bertz CT molecular complexity index is 816. The molecule has 1 aliphatic carbocycles. The highest BCUT2D eigenvalue weighted by Gasteiger charge is 2.52. The number of H-pyrrole nitrogens is 1. The van der Waals surface area contributed by atoms with Crippen molar-refractivity contribution in [3.05, 3.63) is 30.4 Å². The van der Waals surface area contributed by atoms with Gasteiger partial charge in [0.2, 0.25) is 0 Å². The quantitative estimate of drug-likeness (QED) is 0.757. The lowest BCUT2D eigenvalue weighted by Gasteiger charge is -2.48. The van der Waals surface area contributed by atoms with Crippen molar-refractivity contribution in [3.63, 3.8) is 0 Å². The molecule has 2 fully saturated rings. The first-order valence-corrected chi connectivity index (χ1v) is 7.88. The van der Waals surface area contributed by atoms with E-state index in [0.29, 0.717) is 5.92 Å². The number of rotatable bonds is 2. The third-order valence-electron chi connectivity index (χ3n) is 5.67. The Morgan fingerprint density at radius 3 is 3.05 bits per heavy atom. The van der Waals surface area contributed by atoms with Gasteiger partial charge in [0.1, 0.15) is 0 Å². The molecule has 1 aliphatic heterocycles. The van der Waals surface area contributed by atoms with Crippen molar-refractivity contribution < 1.29 is 0 Å². The van der Waals surface area contributed by atoms with Gasteiger partial charge in [0.25, 0.3) is 0 Å². The summed E-state index contributed by atoms with van der Waals surface area (Å²) in [6.07, 6.45) is 7.15. The summed E-state index contributed by atoms with van der Waals surface area (Å²) in [6.45, 7) is 4.67. The van der Waals surface area contributed by atoms with Gasteiger partial charge in [0, 0.05) is 24.0 Å². The average Bonchev–Trinajstić information content (AvgIpc) is 3.18. The molecule has 3 aromatic heterocycles. The van der Waals surface area contributed by atoms with Gasteiger partial charge in [-0.1, -0.05) is 13.3 Å². The lowest BCUT2D eigenvalue weighted by Crippen LogP contribution is -2.44. The Hall–Kier alpha value is -1.88. The predicted molar refractivity (Wildman–Crippen MR) is 81.2 cm³/mol. The highest BCUT2D eigenvalue weighted by Crippen LogP contribution is 2.55. The van der Waals surface area contributed by atoms with E-state index in [-0.39, 0.29) is 0 Å². The standard InChI is InChI=1S/C16H19N5/c1-2-9-10-5-17-6-11(10)15(9)13-7-19-14-8-20-16-12(21(13)14)3-4-18-16/h3-4,7-11,15,17-18H,2,5-6H2,1H3/t9-,10?,11?,15?/m0/s1. The normalized spacial score (nSPS) is 31.7. The first kappa shape index (κ1) is 11.7. The molecule has 0 spiro atoms. The van der Waals surface area contributed by atoms with Gasteiger partial charge < -0.3 is 10.3 Å². The van der Waals surface area contributed by atoms with Crippen LogP contribution in [0.2, 0.25) is 0 Å². The highest BCUT2D eigenvalue weighted by molar-refractivity contribution is 5.74. The molecule has 3 unspecified atom stereocenters. The van der Waals surface area contributed by atoms with Crippen LogP contribution in [-0.4, -0.2) is 32.4 Å². The summed E-state index contributed by atoms with van der Waals surface area (Å²) in [5, 5.41) is 3.57. The second kappa shape index (κ2) is 4.07. The smallest absolute Gasteiger partial charge is 0.156 e. The SMILES string of the molecule is CC[C@H]1C2CNCC2C1c1cnc2cnc3[nH]ccc3n12. The Balaban J connectivity index is 1.72. The van der Waals surface area contributed by atoms with Gasteiger partial charge in [-0.25, -0.2) is 9.97 Å². The van der Waals surface area contributed by atoms with Gasteiger partial charge in [0.05, 0.1) is 11.7 Å². The van der Waals surface area contributed by atoms with Crippen LogP contribution in [0.15, 0.2) is 24.7 Å². The van der Waals surface area contributed by atoms with E-state index in [2.05, 4.69) is 43.9 Å². The summed E-state index contributed by atoms with van der Waals surface area (Å²) in [7, 11) is 0. The molecule has 0 bridgehead atoms. The van der Waals surface area contributed by atoms with Gasteiger partial charge in [-0.05, 0) is 36.9 Å². The number of aromatic nitrogens is 4. The molecule has 108 valence electrons. The van der Waals surface area contributed by atoms with E-state index in [1.54, 1.807) is 0 Å². The van der Waals surface area contributed by atoms with Gasteiger partial charge >= 0.3 is 0 Å². The zero-order valence-corrected chi connectivity index (χ0v) is 12.1. The van der Waals surface area contributed by atoms with Crippen LogP contribution in [-0.2, 0) is 0 Å². The van der Waals surface area contributed by atoms with Gasteiger partial charge in [-0.15, -0.1) is 0 Å². The molecule has 4 heterocycles. The molecule has 5 nitrogen and oxygen atoms in total. The van der Waals surface area contributed by atoms with Crippen molar-refractivity contribution in [3.8, 4) is 0 Å². The molecule has 2 aliphatic rings. The van der Waals surface area contributed by atoms with Crippen molar-refractivity contribution in [1.29, 1.82) is 0 Å². The molecule has 0 amide bonds. The van der Waals surface area contributed by atoms with E-state index in [1.165, 1.54) is 18.7 Å². The van der Waals surface area contributed by atoms with E-state index in [4.69, 9.17) is 0 Å². The summed E-state index contributed by atoms with van der Waals surface area (Å²) < 4.78 is 2.31. The van der Waals surface area contributed by atoms with Crippen molar-refractivity contribution >= 4 is 16.8 Å². The number of fused-ring (bicyclic) bond motifs is 4. The summed E-state index contributed by atoms with van der Waals surface area (Å²) in [4.78, 5) is 12.2. The Morgan fingerprint density at radius 1 is 1.24 bits per heavy atom. The van der Waals surface area contributed by atoms with Crippen molar-refractivity contribution in [1.82, 2.24) is 24.7 Å². The maximum Gasteiger partial charge on any atom is 0.156 e. The second-order valence-corrected chi connectivity index (χ2v) is 6.43. The summed E-state index contributed by atoms with van der Waals surface area (Å²) in [5.41, 5.74) is 4.41. The molecular weight excluding hydrogens is 262 g/mol. The largest absolute Gasteiger partial charge is 0.345 e. The van der Waals surface area contributed by atoms with E-state index in [1.807, 2.05) is 12.4 Å². The van der Waals surface area contributed by atoms with Crippen LogP contribution in [0.4, 0.5) is 0 Å². The van der Waals surface area contributed by atoms with Gasteiger partial charge in [-0.2, -0.15) is 0 Å². The monoisotopic (exact) mass is 281 g/mol. The zero-order valence-electron chi connectivity index (χ0n) is 12.1. The first-order chi connectivity index (χ1) is 10.4. The highest BCUT2D eigenvalue weighted by atomic mass is 15.1. The number of nitrogens with one attached hydrogen (secondary N) is 2. The Kier molecular flexibility index (Phi) is 2.28. The van der Waals surface area contributed by atoms with Crippen LogP contribution >= 0.6 is 0 Å².